The summed E-state index contributed by atoms with van der Waals surface area (Å²) in [4.78, 5) is 23.2. The molecule has 0 aliphatic heterocycles. The second-order valence-electron chi connectivity index (χ2n) is 11.2. The lowest BCUT2D eigenvalue weighted by Crippen LogP contribution is -2.20. The number of aliphatic hydroxyl groups is 2. The molecule has 8 heteroatoms. The maximum absolute atomic E-state index is 11.6. The normalized spacial score (nSPS) is 14.1. The largest absolute Gasteiger partial charge is 0.502 e. The Morgan fingerprint density at radius 3 is 1.43 bits per heavy atom. The van der Waals surface area contributed by atoms with Gasteiger partial charge in [0.1, 0.15) is 24.0 Å². The van der Waals surface area contributed by atoms with Gasteiger partial charge in [0.25, 0.3) is 0 Å². The zero-order chi connectivity index (χ0) is 26.2. The Morgan fingerprint density at radius 2 is 1.09 bits per heavy atom. The van der Waals surface area contributed by atoms with E-state index < -0.39 is 34.6 Å². The molecule has 2 aromatic rings. The average Bonchev–Trinajstić information content (AvgIpc) is 2.76. The summed E-state index contributed by atoms with van der Waals surface area (Å²) in [5.74, 6) is 0.202. The Balaban J connectivity index is 1.67. The first kappa shape index (κ1) is 28.7. The number of hydrogen-bond acceptors (Lipinski definition) is 8. The summed E-state index contributed by atoms with van der Waals surface area (Å²) in [6.45, 7) is 8.17. The smallest absolute Gasteiger partial charge is 0.226 e. The van der Waals surface area contributed by atoms with Crippen LogP contribution in [0.4, 0.5) is 0 Å². The van der Waals surface area contributed by atoms with Gasteiger partial charge in [-0.25, -0.2) is 0 Å². The van der Waals surface area contributed by atoms with Crippen molar-refractivity contribution in [1.29, 1.82) is 0 Å². The number of rotatable bonds is 14. The molecule has 0 bridgehead atoms. The molecule has 2 rings (SSSR count). The van der Waals surface area contributed by atoms with Crippen molar-refractivity contribution < 1.29 is 29.3 Å². The van der Waals surface area contributed by atoms with E-state index in [2.05, 4.69) is 0 Å². The van der Waals surface area contributed by atoms with Gasteiger partial charge in [0.2, 0.25) is 10.9 Å². The average molecular weight is 493 g/mol. The van der Waals surface area contributed by atoms with Crippen molar-refractivity contribution in [1.82, 2.24) is 0 Å². The van der Waals surface area contributed by atoms with E-state index in [4.69, 9.17) is 8.83 Å². The Morgan fingerprint density at radius 1 is 0.714 bits per heavy atom. The van der Waals surface area contributed by atoms with E-state index in [9.17, 15) is 30.0 Å². The second-order valence-corrected chi connectivity index (χ2v) is 11.2. The molecule has 35 heavy (non-hydrogen) atoms. The van der Waals surface area contributed by atoms with E-state index in [1.807, 2.05) is 27.7 Å². The topological polar surface area (TPSA) is 141 Å². The van der Waals surface area contributed by atoms with Crippen LogP contribution in [0, 0.1) is 10.8 Å². The van der Waals surface area contributed by atoms with E-state index >= 15 is 0 Å². The number of aliphatic hydroxyl groups excluding tert-OH is 2. The van der Waals surface area contributed by atoms with E-state index in [0.717, 1.165) is 25.4 Å². The minimum absolute atomic E-state index is 0.185. The zero-order valence-corrected chi connectivity index (χ0v) is 21.2. The molecule has 8 nitrogen and oxygen atoms in total. The van der Waals surface area contributed by atoms with Gasteiger partial charge in [-0.05, 0) is 55.8 Å². The predicted octanol–water partition coefficient (Wildman–Crippen LogP) is 4.29. The van der Waals surface area contributed by atoms with E-state index in [-0.39, 0.29) is 10.8 Å². The quantitative estimate of drug-likeness (QED) is 0.306. The van der Waals surface area contributed by atoms with Crippen LogP contribution >= 0.6 is 0 Å². The van der Waals surface area contributed by atoms with Gasteiger partial charge < -0.3 is 29.3 Å². The van der Waals surface area contributed by atoms with Crippen LogP contribution in [-0.2, 0) is 12.8 Å². The van der Waals surface area contributed by atoms with Crippen LogP contribution < -0.4 is 10.9 Å². The molecule has 196 valence electrons. The molecular formula is C27H40O8. The van der Waals surface area contributed by atoms with Crippen molar-refractivity contribution in [3.05, 3.63) is 56.6 Å². The van der Waals surface area contributed by atoms with Crippen LogP contribution in [0.3, 0.4) is 0 Å². The SMILES string of the molecule is CC(C)(CCC(O)CCCC(O)CCC(C)(C)Cc1cc(=O)c(O)co1)Cc1cc(=O)c(O)co1. The first-order chi connectivity index (χ1) is 16.3. The van der Waals surface area contributed by atoms with E-state index in [0.29, 0.717) is 56.5 Å². The Bertz CT molecular complexity index is 966. The Labute approximate surface area is 206 Å². The summed E-state index contributed by atoms with van der Waals surface area (Å²) in [7, 11) is 0. The lowest BCUT2D eigenvalue weighted by atomic mass is 9.81. The maximum atomic E-state index is 11.6. The molecular weight excluding hydrogens is 452 g/mol. The summed E-state index contributed by atoms with van der Waals surface area (Å²) in [5.41, 5.74) is -1.29. The summed E-state index contributed by atoms with van der Waals surface area (Å²) < 4.78 is 10.6. The van der Waals surface area contributed by atoms with Gasteiger partial charge in [0.05, 0.1) is 12.2 Å². The van der Waals surface area contributed by atoms with Crippen LogP contribution in [0.2, 0.25) is 0 Å². The highest BCUT2D eigenvalue weighted by atomic mass is 16.4. The molecule has 0 amide bonds. The van der Waals surface area contributed by atoms with Crippen LogP contribution in [-0.4, -0.2) is 32.6 Å². The first-order valence-electron chi connectivity index (χ1n) is 12.2. The fraction of sp³-hybridized carbons (Fsp3) is 0.630. The zero-order valence-electron chi connectivity index (χ0n) is 21.2. The Kier molecular flexibility index (Phi) is 10.2. The molecule has 0 aromatic carbocycles. The standard InChI is InChI=1S/C27H40O8/c1-26(2,14-20-12-22(30)24(32)16-34-20)10-8-18(28)6-5-7-19(29)9-11-27(3,4)15-21-13-23(31)25(33)17-35-21/h12-13,16-19,28-29,32-33H,5-11,14-15H2,1-4H3. The molecule has 0 radical (unpaired) electrons. The predicted molar refractivity (Wildman–Crippen MR) is 133 cm³/mol. The lowest BCUT2D eigenvalue weighted by molar-refractivity contribution is 0.105. The fourth-order valence-corrected chi connectivity index (χ4v) is 4.19. The monoisotopic (exact) mass is 492 g/mol. The number of aromatic hydroxyl groups is 2. The van der Waals surface area contributed by atoms with Crippen molar-refractivity contribution in [2.45, 2.75) is 97.7 Å². The van der Waals surface area contributed by atoms with Gasteiger partial charge in [0.15, 0.2) is 11.5 Å². The highest BCUT2D eigenvalue weighted by Gasteiger charge is 2.23. The van der Waals surface area contributed by atoms with Gasteiger partial charge in [-0.2, -0.15) is 0 Å². The van der Waals surface area contributed by atoms with Crippen LogP contribution in [0.15, 0.2) is 43.1 Å². The molecule has 2 unspecified atom stereocenters. The number of hydrogen-bond donors (Lipinski definition) is 4. The van der Waals surface area contributed by atoms with Crippen molar-refractivity contribution in [3.8, 4) is 11.5 Å². The third-order valence-electron chi connectivity index (χ3n) is 6.42. The molecule has 0 spiro atoms. The molecule has 2 atom stereocenters. The highest BCUT2D eigenvalue weighted by molar-refractivity contribution is 5.17. The third-order valence-corrected chi connectivity index (χ3v) is 6.42. The molecule has 4 N–H and O–H groups in total. The molecule has 0 saturated carbocycles. The molecule has 2 aromatic heterocycles. The summed E-state index contributed by atoms with van der Waals surface area (Å²) in [6.07, 6.45) is 6.83. The van der Waals surface area contributed by atoms with Crippen LogP contribution in [0.5, 0.6) is 11.5 Å². The minimum atomic E-state index is -0.470. The third kappa shape index (κ3) is 10.3. The van der Waals surface area contributed by atoms with Crippen molar-refractivity contribution in [3.63, 3.8) is 0 Å². The Hall–Kier alpha value is -2.58. The molecule has 0 aliphatic rings. The molecule has 2 heterocycles. The van der Waals surface area contributed by atoms with Crippen molar-refractivity contribution in [2.24, 2.45) is 10.8 Å². The summed E-state index contributed by atoms with van der Waals surface area (Å²) in [5, 5.41) is 39.4. The van der Waals surface area contributed by atoms with Gasteiger partial charge in [-0.1, -0.05) is 27.7 Å². The minimum Gasteiger partial charge on any atom is -0.502 e. The first-order valence-corrected chi connectivity index (χ1v) is 12.2. The van der Waals surface area contributed by atoms with E-state index in [1.54, 1.807) is 0 Å². The van der Waals surface area contributed by atoms with Crippen molar-refractivity contribution >= 4 is 0 Å². The van der Waals surface area contributed by atoms with Crippen LogP contribution in [0.1, 0.15) is 84.2 Å². The van der Waals surface area contributed by atoms with E-state index in [1.165, 1.54) is 12.1 Å². The van der Waals surface area contributed by atoms with Gasteiger partial charge >= 0.3 is 0 Å². The maximum Gasteiger partial charge on any atom is 0.226 e. The molecule has 0 saturated heterocycles. The summed E-state index contributed by atoms with van der Waals surface area (Å²) in [6, 6.07) is 2.60. The van der Waals surface area contributed by atoms with Crippen molar-refractivity contribution in [2.75, 3.05) is 0 Å². The van der Waals surface area contributed by atoms with Gasteiger partial charge in [0, 0.05) is 25.0 Å². The molecule has 0 fully saturated rings. The molecule has 0 aliphatic carbocycles. The lowest BCUT2D eigenvalue weighted by Gasteiger charge is -2.26. The van der Waals surface area contributed by atoms with Crippen LogP contribution in [0.25, 0.3) is 0 Å². The van der Waals surface area contributed by atoms with Gasteiger partial charge in [-0.3, -0.25) is 9.59 Å². The highest BCUT2D eigenvalue weighted by Crippen LogP contribution is 2.30. The fourth-order valence-electron chi connectivity index (χ4n) is 4.19. The summed E-state index contributed by atoms with van der Waals surface area (Å²) >= 11 is 0. The van der Waals surface area contributed by atoms with Gasteiger partial charge in [-0.15, -0.1) is 0 Å². The second kappa shape index (κ2) is 12.4.